The van der Waals surface area contributed by atoms with Crippen LogP contribution in [0.25, 0.3) is 0 Å². The number of ether oxygens (including phenoxy) is 2. The van der Waals surface area contributed by atoms with Crippen LogP contribution >= 0.6 is 0 Å². The van der Waals surface area contributed by atoms with Crippen molar-refractivity contribution in [2.45, 2.75) is 95.4 Å². The topological polar surface area (TPSA) is 18.5 Å². The highest BCUT2D eigenvalue weighted by Crippen LogP contribution is 2.41. The average molecular weight is 605 g/mol. The lowest BCUT2D eigenvalue weighted by molar-refractivity contribution is -0.279. The molecule has 2 aromatic rings. The highest BCUT2D eigenvalue weighted by Gasteiger charge is 2.40. The maximum absolute atomic E-state index is 14.8. The third kappa shape index (κ3) is 8.26. The van der Waals surface area contributed by atoms with Crippen molar-refractivity contribution in [3.63, 3.8) is 0 Å². The normalized spacial score (nSPS) is 23.8. The Kier molecular flexibility index (Phi) is 10.6. The van der Waals surface area contributed by atoms with Gasteiger partial charge in [-0.1, -0.05) is 25.5 Å². The zero-order valence-corrected chi connectivity index (χ0v) is 23.5. The zero-order valence-electron chi connectivity index (χ0n) is 23.5. The molecule has 0 aromatic heterocycles. The number of hydrogen-bond acceptors (Lipinski definition) is 2. The van der Waals surface area contributed by atoms with Gasteiger partial charge in [-0.05, 0) is 105 Å². The van der Waals surface area contributed by atoms with Crippen LogP contribution in [0.5, 0.6) is 5.75 Å². The van der Waals surface area contributed by atoms with E-state index in [4.69, 9.17) is 9.47 Å². The Morgan fingerprint density at radius 1 is 0.762 bits per heavy atom. The molecule has 0 saturated heterocycles. The molecule has 0 heterocycles. The highest BCUT2D eigenvalue weighted by atomic mass is 19.4. The fourth-order valence-electron chi connectivity index (χ4n) is 5.89. The summed E-state index contributed by atoms with van der Waals surface area (Å²) in [6.45, 7) is 2.36. The molecule has 0 atom stereocenters. The predicted molar refractivity (Wildman–Crippen MR) is 143 cm³/mol. The Balaban J connectivity index is 1.23. The summed E-state index contributed by atoms with van der Waals surface area (Å²) in [5.74, 6) is -3.87. The van der Waals surface area contributed by atoms with Gasteiger partial charge in [-0.3, -0.25) is 0 Å². The molecule has 0 radical (unpaired) electrons. The maximum Gasteiger partial charge on any atom is 0.422 e. The van der Waals surface area contributed by atoms with E-state index in [0.717, 1.165) is 49.9 Å². The van der Waals surface area contributed by atoms with Crippen LogP contribution < -0.4 is 4.74 Å². The Morgan fingerprint density at radius 2 is 1.33 bits per heavy atom. The summed E-state index contributed by atoms with van der Waals surface area (Å²) >= 11 is 0. The number of hydrogen-bond donors (Lipinski definition) is 0. The van der Waals surface area contributed by atoms with Gasteiger partial charge >= 0.3 is 12.3 Å². The summed E-state index contributed by atoms with van der Waals surface area (Å²) in [4.78, 5) is 0. The van der Waals surface area contributed by atoms with Crippen LogP contribution in [0.1, 0.15) is 93.7 Å². The number of benzene rings is 2. The molecule has 232 valence electrons. The first-order valence-electron chi connectivity index (χ1n) is 14.6. The van der Waals surface area contributed by atoms with E-state index in [2.05, 4.69) is 12.2 Å². The molecular weight excluding hydrogens is 568 g/mol. The fraction of sp³-hybridized carbons (Fsp3) is 0.562. The molecule has 42 heavy (non-hydrogen) atoms. The molecule has 0 aliphatic heterocycles. The maximum atomic E-state index is 14.8. The number of alkyl halides is 5. The lowest BCUT2D eigenvalue weighted by Crippen LogP contribution is -2.30. The molecule has 2 aliphatic rings. The van der Waals surface area contributed by atoms with Gasteiger partial charge in [-0.2, -0.15) is 22.0 Å². The van der Waals surface area contributed by atoms with Crippen molar-refractivity contribution in [3.8, 4) is 5.75 Å². The summed E-state index contributed by atoms with van der Waals surface area (Å²) in [5.41, 5.74) is -2.43. The summed E-state index contributed by atoms with van der Waals surface area (Å²) in [6, 6.07) is 4.87. The molecule has 0 amide bonds. The minimum Gasteiger partial charge on any atom is -0.493 e. The Labute approximate surface area is 241 Å². The van der Waals surface area contributed by atoms with Gasteiger partial charge in [0.25, 0.3) is 0 Å². The third-order valence-electron chi connectivity index (χ3n) is 8.30. The lowest BCUT2D eigenvalue weighted by Gasteiger charge is -2.31. The number of rotatable bonds is 10. The SMILES string of the molecule is CCCCOc1ccc(C(F)(F)OC2CCC(/C=C/C3CCC(c4cc(F)c(C(F)(F)F)c(F)c4)CC3)CC2)c(F)c1. The third-order valence-corrected chi connectivity index (χ3v) is 8.30. The lowest BCUT2D eigenvalue weighted by atomic mass is 9.77. The molecular formula is C32H36F8O2. The van der Waals surface area contributed by atoms with E-state index in [1.54, 1.807) is 0 Å². The van der Waals surface area contributed by atoms with E-state index in [-0.39, 0.29) is 29.1 Å². The van der Waals surface area contributed by atoms with Crippen molar-refractivity contribution in [2.24, 2.45) is 11.8 Å². The first-order chi connectivity index (χ1) is 19.9. The largest absolute Gasteiger partial charge is 0.493 e. The fourth-order valence-corrected chi connectivity index (χ4v) is 5.89. The molecule has 0 spiro atoms. The molecule has 2 nitrogen and oxygen atoms in total. The zero-order chi connectivity index (χ0) is 30.5. The van der Waals surface area contributed by atoms with Gasteiger partial charge in [0.2, 0.25) is 0 Å². The van der Waals surface area contributed by atoms with Crippen molar-refractivity contribution in [2.75, 3.05) is 6.61 Å². The van der Waals surface area contributed by atoms with Crippen LogP contribution in [0, 0.1) is 29.3 Å². The molecule has 10 heteroatoms. The van der Waals surface area contributed by atoms with Crippen molar-refractivity contribution in [3.05, 3.63) is 76.6 Å². The smallest absolute Gasteiger partial charge is 0.422 e. The molecule has 4 rings (SSSR count). The summed E-state index contributed by atoms with van der Waals surface area (Å²) in [6.07, 6.45) is 1.01. The summed E-state index contributed by atoms with van der Waals surface area (Å²) < 4.78 is 121. The Morgan fingerprint density at radius 3 is 1.86 bits per heavy atom. The van der Waals surface area contributed by atoms with Crippen molar-refractivity contribution in [1.82, 2.24) is 0 Å². The van der Waals surface area contributed by atoms with E-state index >= 15 is 0 Å². The second-order valence-electron chi connectivity index (χ2n) is 11.4. The van der Waals surface area contributed by atoms with Gasteiger partial charge in [0, 0.05) is 6.07 Å². The molecule has 0 unspecified atom stereocenters. The van der Waals surface area contributed by atoms with Crippen LogP contribution in [0.2, 0.25) is 0 Å². The van der Waals surface area contributed by atoms with Crippen molar-refractivity contribution in [1.29, 1.82) is 0 Å². The van der Waals surface area contributed by atoms with Gasteiger partial charge in [-0.15, -0.1) is 0 Å². The first kappa shape index (κ1) is 32.3. The van der Waals surface area contributed by atoms with Crippen LogP contribution in [0.4, 0.5) is 35.1 Å². The minimum absolute atomic E-state index is 0.186. The summed E-state index contributed by atoms with van der Waals surface area (Å²) in [5, 5.41) is 0. The predicted octanol–water partition coefficient (Wildman–Crippen LogP) is 10.5. The summed E-state index contributed by atoms with van der Waals surface area (Å²) in [7, 11) is 0. The van der Waals surface area contributed by atoms with E-state index in [1.165, 1.54) is 6.07 Å². The van der Waals surface area contributed by atoms with E-state index in [9.17, 15) is 35.1 Å². The van der Waals surface area contributed by atoms with E-state index in [1.807, 2.05) is 6.92 Å². The van der Waals surface area contributed by atoms with Crippen LogP contribution in [-0.2, 0) is 17.0 Å². The van der Waals surface area contributed by atoms with Gasteiger partial charge in [0.05, 0.1) is 18.3 Å². The molecule has 2 saturated carbocycles. The van der Waals surface area contributed by atoms with Gasteiger partial charge in [0.1, 0.15) is 28.8 Å². The molecule has 2 fully saturated rings. The Hall–Kier alpha value is -2.62. The first-order valence-corrected chi connectivity index (χ1v) is 14.6. The Bertz CT molecular complexity index is 1190. The van der Waals surface area contributed by atoms with Crippen molar-refractivity contribution >= 4 is 0 Å². The monoisotopic (exact) mass is 604 g/mol. The van der Waals surface area contributed by atoms with Crippen molar-refractivity contribution < 1.29 is 44.6 Å². The van der Waals surface area contributed by atoms with Crippen LogP contribution in [0.3, 0.4) is 0 Å². The van der Waals surface area contributed by atoms with Crippen LogP contribution in [0.15, 0.2) is 42.5 Å². The number of unbranched alkanes of at least 4 members (excludes halogenated alkanes) is 1. The second-order valence-corrected chi connectivity index (χ2v) is 11.4. The van der Waals surface area contributed by atoms with Crippen LogP contribution in [-0.4, -0.2) is 12.7 Å². The average Bonchev–Trinajstić information content (AvgIpc) is 2.91. The van der Waals surface area contributed by atoms with E-state index < -0.39 is 47.0 Å². The van der Waals surface area contributed by atoms with Gasteiger partial charge < -0.3 is 9.47 Å². The highest BCUT2D eigenvalue weighted by molar-refractivity contribution is 5.32. The molecule has 0 bridgehead atoms. The second kappa shape index (κ2) is 13.8. The minimum atomic E-state index is -5.09. The van der Waals surface area contributed by atoms with Gasteiger partial charge in [0.15, 0.2) is 0 Å². The number of allylic oxidation sites excluding steroid dienone is 2. The molecule has 2 aromatic carbocycles. The quantitative estimate of drug-likeness (QED) is 0.153. The number of halogens is 8. The molecule has 2 aliphatic carbocycles. The van der Waals surface area contributed by atoms with Gasteiger partial charge in [-0.25, -0.2) is 13.2 Å². The van der Waals surface area contributed by atoms with E-state index in [0.29, 0.717) is 45.1 Å². The standard InChI is InChI=1S/C32H36F8O2/c1-2-3-16-41-25-14-15-26(27(33)19-25)32(39,40)42-24-12-8-21(9-13-24)5-4-20-6-10-22(11-7-20)23-17-28(34)30(29(35)18-23)31(36,37)38/h4-5,14-15,17-22,24H,2-3,6-13,16H2,1H3/b5-4+. The molecule has 0 N–H and O–H groups in total.